The fourth-order valence-electron chi connectivity index (χ4n) is 2.06. The van der Waals surface area contributed by atoms with Crippen molar-refractivity contribution in [1.29, 1.82) is 0 Å². The Labute approximate surface area is 137 Å². The summed E-state index contributed by atoms with van der Waals surface area (Å²) in [5.74, 6) is -2.07. The van der Waals surface area contributed by atoms with Crippen LogP contribution in [-0.4, -0.2) is 23.7 Å². The van der Waals surface area contributed by atoms with Crippen molar-refractivity contribution in [3.63, 3.8) is 0 Å². The van der Waals surface area contributed by atoms with Crippen LogP contribution in [0.15, 0.2) is 48.7 Å². The van der Waals surface area contributed by atoms with Crippen molar-refractivity contribution in [3.8, 4) is 11.5 Å². The van der Waals surface area contributed by atoms with Crippen molar-refractivity contribution in [2.24, 2.45) is 0 Å². The lowest BCUT2D eigenvalue weighted by atomic mass is 10.00. The van der Waals surface area contributed by atoms with E-state index in [0.717, 1.165) is 0 Å². The Balaban J connectivity index is 2.14. The summed E-state index contributed by atoms with van der Waals surface area (Å²) >= 11 is 0. The first-order chi connectivity index (χ1) is 11.4. The van der Waals surface area contributed by atoms with Gasteiger partial charge in [0, 0.05) is 0 Å². The maximum absolute atomic E-state index is 13.2. The van der Waals surface area contributed by atoms with Gasteiger partial charge in [0.15, 0.2) is 0 Å². The van der Waals surface area contributed by atoms with Gasteiger partial charge in [-0.3, -0.25) is 9.78 Å². The van der Waals surface area contributed by atoms with Crippen LogP contribution in [0.5, 0.6) is 11.5 Å². The van der Waals surface area contributed by atoms with Crippen LogP contribution in [0.3, 0.4) is 0 Å². The fraction of sp³-hybridized carbons (Fsp3) is 0.294. The van der Waals surface area contributed by atoms with Crippen molar-refractivity contribution >= 4 is 5.97 Å². The number of aromatic nitrogens is 1. The fourth-order valence-corrected chi connectivity index (χ4v) is 2.06. The Kier molecular flexibility index (Phi) is 5.78. The van der Waals surface area contributed by atoms with E-state index in [1.54, 1.807) is 24.3 Å². The highest BCUT2D eigenvalue weighted by molar-refractivity contribution is 5.70. The molecule has 0 saturated heterocycles. The Hall–Kier alpha value is -2.57. The Morgan fingerprint density at radius 2 is 1.83 bits per heavy atom. The lowest BCUT2D eigenvalue weighted by molar-refractivity contribution is -0.166. The molecule has 0 amide bonds. The molecule has 2 aromatic rings. The van der Waals surface area contributed by atoms with Crippen LogP contribution in [0.4, 0.5) is 13.2 Å². The minimum atomic E-state index is -4.60. The number of pyridine rings is 1. The van der Waals surface area contributed by atoms with Crippen molar-refractivity contribution in [2.75, 3.05) is 6.61 Å². The first-order valence-electron chi connectivity index (χ1n) is 7.31. The van der Waals surface area contributed by atoms with Gasteiger partial charge >= 0.3 is 12.1 Å². The molecule has 0 radical (unpaired) electrons. The number of carbonyl (C=O) groups is 1. The number of alkyl halides is 3. The van der Waals surface area contributed by atoms with Gasteiger partial charge < -0.3 is 9.47 Å². The molecule has 0 N–H and O–H groups in total. The maximum atomic E-state index is 13.2. The summed E-state index contributed by atoms with van der Waals surface area (Å²) in [6, 6.07) is 11.4. The lowest BCUT2D eigenvalue weighted by Crippen LogP contribution is -2.25. The summed E-state index contributed by atoms with van der Waals surface area (Å²) in [5.41, 5.74) is -0.254. The molecule has 1 aromatic heterocycles. The molecule has 1 heterocycles. The highest BCUT2D eigenvalue weighted by Gasteiger charge is 2.43. The number of carbonyl (C=O) groups excluding carboxylic acids is 1. The van der Waals surface area contributed by atoms with E-state index in [1.807, 2.05) is 6.07 Å². The van der Waals surface area contributed by atoms with Crippen molar-refractivity contribution in [1.82, 2.24) is 4.98 Å². The van der Waals surface area contributed by atoms with Gasteiger partial charge in [-0.1, -0.05) is 18.2 Å². The molecule has 0 aliphatic heterocycles. The molecule has 0 fully saturated rings. The molecular formula is C17H16F3NO3. The van der Waals surface area contributed by atoms with E-state index in [1.165, 1.54) is 25.3 Å². The number of rotatable bonds is 6. The zero-order valence-electron chi connectivity index (χ0n) is 12.9. The molecule has 1 atom stereocenters. The summed E-state index contributed by atoms with van der Waals surface area (Å²) in [7, 11) is 0. The van der Waals surface area contributed by atoms with Crippen molar-refractivity contribution < 1.29 is 27.4 Å². The van der Waals surface area contributed by atoms with Crippen molar-refractivity contribution in [3.05, 3.63) is 54.4 Å². The Morgan fingerprint density at radius 3 is 2.38 bits per heavy atom. The van der Waals surface area contributed by atoms with E-state index >= 15 is 0 Å². The molecule has 128 valence electrons. The average molecular weight is 339 g/mol. The summed E-state index contributed by atoms with van der Waals surface area (Å²) in [5, 5.41) is 0. The Bertz CT molecular complexity index is 657. The van der Waals surface area contributed by atoms with Crippen LogP contribution in [0.1, 0.15) is 25.0 Å². The van der Waals surface area contributed by atoms with Crippen LogP contribution in [0.2, 0.25) is 0 Å². The molecule has 2 rings (SSSR count). The predicted octanol–water partition coefficient (Wildman–Crippen LogP) is 4.47. The lowest BCUT2D eigenvalue weighted by Gasteiger charge is -2.19. The van der Waals surface area contributed by atoms with Crippen LogP contribution in [-0.2, 0) is 9.53 Å². The molecule has 24 heavy (non-hydrogen) atoms. The number of ether oxygens (including phenoxy) is 2. The number of hydrogen-bond donors (Lipinski definition) is 0. The second-order valence-electron chi connectivity index (χ2n) is 4.94. The van der Waals surface area contributed by atoms with Gasteiger partial charge in [-0.2, -0.15) is 13.2 Å². The predicted molar refractivity (Wildman–Crippen MR) is 80.8 cm³/mol. The first kappa shape index (κ1) is 17.8. The van der Waals surface area contributed by atoms with Crippen LogP contribution >= 0.6 is 0 Å². The number of halogens is 3. The van der Waals surface area contributed by atoms with Gasteiger partial charge in [-0.15, -0.1) is 0 Å². The molecule has 0 bridgehead atoms. The highest BCUT2D eigenvalue weighted by atomic mass is 19.4. The van der Waals surface area contributed by atoms with Gasteiger partial charge in [0.25, 0.3) is 0 Å². The van der Waals surface area contributed by atoms with E-state index in [-0.39, 0.29) is 12.3 Å². The molecule has 0 aliphatic rings. The van der Waals surface area contributed by atoms with Gasteiger partial charge in [-0.25, -0.2) is 0 Å². The van der Waals surface area contributed by atoms with E-state index in [9.17, 15) is 18.0 Å². The van der Waals surface area contributed by atoms with E-state index in [2.05, 4.69) is 9.72 Å². The average Bonchev–Trinajstić information content (AvgIpc) is 2.54. The molecule has 0 aliphatic carbocycles. The van der Waals surface area contributed by atoms with E-state index in [0.29, 0.717) is 11.5 Å². The van der Waals surface area contributed by atoms with Crippen LogP contribution < -0.4 is 4.74 Å². The number of esters is 1. The topological polar surface area (TPSA) is 48.4 Å². The SMILES string of the molecule is CCOC(=O)CC(c1ccc(Oc2ccccc2)cn1)C(F)(F)F. The zero-order valence-corrected chi connectivity index (χ0v) is 12.9. The number of para-hydroxylation sites is 1. The third-order valence-corrected chi connectivity index (χ3v) is 3.17. The molecule has 1 aromatic carbocycles. The summed E-state index contributed by atoms with van der Waals surface area (Å²) in [6.07, 6.45) is -4.20. The quantitative estimate of drug-likeness (QED) is 0.729. The maximum Gasteiger partial charge on any atom is 0.397 e. The summed E-state index contributed by atoms with van der Waals surface area (Å²) < 4.78 is 49.6. The van der Waals surface area contributed by atoms with Gasteiger partial charge in [-0.05, 0) is 31.2 Å². The third kappa shape index (κ3) is 4.97. The van der Waals surface area contributed by atoms with Gasteiger partial charge in [0.2, 0.25) is 0 Å². The number of benzene rings is 1. The molecule has 0 saturated carbocycles. The largest absolute Gasteiger partial charge is 0.466 e. The standard InChI is InChI=1S/C17H16F3NO3/c1-2-23-16(22)10-14(17(18,19)20)15-9-8-13(11-21-15)24-12-6-4-3-5-7-12/h3-9,11,14H,2,10H2,1H3. The second-order valence-corrected chi connectivity index (χ2v) is 4.94. The minimum Gasteiger partial charge on any atom is -0.466 e. The normalized spacial score (nSPS) is 12.5. The molecule has 0 spiro atoms. The molecule has 4 nitrogen and oxygen atoms in total. The smallest absolute Gasteiger partial charge is 0.397 e. The van der Waals surface area contributed by atoms with Crippen LogP contribution in [0, 0.1) is 0 Å². The minimum absolute atomic E-state index is 0.0285. The molecule has 1 unspecified atom stereocenters. The monoisotopic (exact) mass is 339 g/mol. The molecular weight excluding hydrogens is 323 g/mol. The Morgan fingerprint density at radius 1 is 1.12 bits per heavy atom. The summed E-state index contributed by atoms with van der Waals surface area (Å²) in [6.45, 7) is 1.56. The first-order valence-corrected chi connectivity index (χ1v) is 7.31. The summed E-state index contributed by atoms with van der Waals surface area (Å²) in [4.78, 5) is 15.2. The van der Waals surface area contributed by atoms with E-state index < -0.39 is 24.5 Å². The number of nitrogens with zero attached hydrogens (tertiary/aromatic N) is 1. The van der Waals surface area contributed by atoms with Crippen LogP contribution in [0.25, 0.3) is 0 Å². The van der Waals surface area contributed by atoms with Gasteiger partial charge in [0.05, 0.1) is 24.9 Å². The number of hydrogen-bond acceptors (Lipinski definition) is 4. The van der Waals surface area contributed by atoms with Gasteiger partial charge in [0.1, 0.15) is 17.4 Å². The van der Waals surface area contributed by atoms with E-state index in [4.69, 9.17) is 4.74 Å². The molecule has 7 heteroatoms. The second kappa shape index (κ2) is 7.81. The zero-order chi connectivity index (χ0) is 17.6. The highest BCUT2D eigenvalue weighted by Crippen LogP contribution is 2.37. The third-order valence-electron chi connectivity index (χ3n) is 3.17. The van der Waals surface area contributed by atoms with Crippen molar-refractivity contribution in [2.45, 2.75) is 25.4 Å².